The third kappa shape index (κ3) is 3.03. The van der Waals surface area contributed by atoms with Crippen LogP contribution in [-0.4, -0.2) is 24.4 Å². The van der Waals surface area contributed by atoms with E-state index in [-0.39, 0.29) is 21.8 Å². The number of aromatic hydroxyl groups is 1. The van der Waals surface area contributed by atoms with E-state index in [1.807, 2.05) is 19.2 Å². The van der Waals surface area contributed by atoms with E-state index in [1.54, 1.807) is 12.1 Å². The van der Waals surface area contributed by atoms with Gasteiger partial charge in [-0.05, 0) is 49.2 Å². The van der Waals surface area contributed by atoms with Crippen molar-refractivity contribution in [3.8, 4) is 5.75 Å². The first-order valence-corrected chi connectivity index (χ1v) is 8.91. The first-order chi connectivity index (χ1) is 11.7. The maximum absolute atomic E-state index is 12.6. The maximum atomic E-state index is 12.6. The Balaban J connectivity index is 2.02. The summed E-state index contributed by atoms with van der Waals surface area (Å²) in [6.07, 6.45) is 1.84. The van der Waals surface area contributed by atoms with Gasteiger partial charge in [0.05, 0.1) is 16.1 Å². The average Bonchev–Trinajstić information content (AvgIpc) is 2.89. The molecule has 0 spiro atoms. The minimum atomic E-state index is -3.95. The Hall–Kier alpha value is -3.00. The van der Waals surface area contributed by atoms with Gasteiger partial charge >= 0.3 is 0 Å². The number of carbonyl (C=O) groups excluding carboxylic acids is 1. The number of benzene rings is 2. The van der Waals surface area contributed by atoms with Crippen molar-refractivity contribution in [2.75, 3.05) is 4.72 Å². The molecule has 1 aromatic heterocycles. The molecule has 130 valence electrons. The van der Waals surface area contributed by atoms with E-state index in [4.69, 9.17) is 5.73 Å². The van der Waals surface area contributed by atoms with Crippen LogP contribution in [0.3, 0.4) is 0 Å². The summed E-state index contributed by atoms with van der Waals surface area (Å²) in [5, 5.41) is 10.8. The molecule has 5 N–H and O–H groups in total. The number of anilines is 1. The van der Waals surface area contributed by atoms with E-state index >= 15 is 0 Å². The van der Waals surface area contributed by atoms with E-state index in [1.165, 1.54) is 13.0 Å². The van der Waals surface area contributed by atoms with Gasteiger partial charge in [-0.2, -0.15) is 0 Å². The van der Waals surface area contributed by atoms with Crippen molar-refractivity contribution >= 4 is 32.5 Å². The number of hydrogen-bond acceptors (Lipinski definition) is 4. The van der Waals surface area contributed by atoms with E-state index in [9.17, 15) is 18.3 Å². The van der Waals surface area contributed by atoms with Crippen LogP contribution in [0.15, 0.2) is 41.4 Å². The summed E-state index contributed by atoms with van der Waals surface area (Å²) in [6.45, 7) is 3.45. The number of aromatic amines is 1. The van der Waals surface area contributed by atoms with Gasteiger partial charge in [-0.15, -0.1) is 0 Å². The van der Waals surface area contributed by atoms with E-state index in [0.29, 0.717) is 5.69 Å². The lowest BCUT2D eigenvalue weighted by Gasteiger charge is -2.11. The number of aryl methyl sites for hydroxylation is 2. The predicted molar refractivity (Wildman–Crippen MR) is 95.2 cm³/mol. The molecule has 25 heavy (non-hydrogen) atoms. The Morgan fingerprint density at radius 2 is 1.88 bits per heavy atom. The minimum absolute atomic E-state index is 0.153. The highest BCUT2D eigenvalue weighted by Crippen LogP contribution is 2.28. The molecule has 0 radical (unpaired) electrons. The van der Waals surface area contributed by atoms with Gasteiger partial charge < -0.3 is 15.8 Å². The first kappa shape index (κ1) is 16.8. The highest BCUT2D eigenvalue weighted by atomic mass is 32.2. The molecule has 2 aromatic carbocycles. The number of amides is 1. The second kappa shape index (κ2) is 5.82. The second-order valence-corrected chi connectivity index (χ2v) is 7.52. The highest BCUT2D eigenvalue weighted by Gasteiger charge is 2.20. The SMILES string of the molecule is Cc1cc(S(=O)(=O)Nc2ccc3c(C)c[nH]c3c2)cc(C(N)=O)c1O. The van der Waals surface area contributed by atoms with Crippen LogP contribution in [0.25, 0.3) is 10.9 Å². The molecule has 3 aromatic rings. The largest absolute Gasteiger partial charge is 0.507 e. The molecular formula is C17H17N3O4S. The lowest BCUT2D eigenvalue weighted by molar-refractivity contribution is 0.0997. The van der Waals surface area contributed by atoms with Gasteiger partial charge in [0.25, 0.3) is 15.9 Å². The Kier molecular flexibility index (Phi) is 3.92. The van der Waals surface area contributed by atoms with E-state index in [2.05, 4.69) is 9.71 Å². The number of carbonyl (C=O) groups is 1. The molecule has 3 rings (SSSR count). The van der Waals surface area contributed by atoms with Crippen LogP contribution in [0.5, 0.6) is 5.75 Å². The number of fused-ring (bicyclic) bond motifs is 1. The smallest absolute Gasteiger partial charge is 0.261 e. The van der Waals surface area contributed by atoms with Crippen molar-refractivity contribution < 1.29 is 18.3 Å². The molecule has 0 aliphatic heterocycles. The van der Waals surface area contributed by atoms with Gasteiger partial charge in [0.15, 0.2) is 0 Å². The summed E-state index contributed by atoms with van der Waals surface area (Å²) in [6, 6.07) is 7.49. The number of hydrogen-bond donors (Lipinski definition) is 4. The zero-order valence-electron chi connectivity index (χ0n) is 13.6. The summed E-state index contributed by atoms with van der Waals surface area (Å²) < 4.78 is 27.7. The zero-order chi connectivity index (χ0) is 18.4. The van der Waals surface area contributed by atoms with Gasteiger partial charge in [0, 0.05) is 17.1 Å². The maximum Gasteiger partial charge on any atom is 0.261 e. The first-order valence-electron chi connectivity index (χ1n) is 7.43. The summed E-state index contributed by atoms with van der Waals surface area (Å²) in [5.74, 6) is -1.23. The molecule has 0 saturated heterocycles. The van der Waals surface area contributed by atoms with Gasteiger partial charge in [-0.25, -0.2) is 8.42 Å². The molecule has 0 bridgehead atoms. The fraction of sp³-hybridized carbons (Fsp3) is 0.118. The van der Waals surface area contributed by atoms with Gasteiger partial charge in [-0.3, -0.25) is 9.52 Å². The molecule has 1 amide bonds. The Labute approximate surface area is 144 Å². The van der Waals surface area contributed by atoms with Gasteiger partial charge in [0.2, 0.25) is 0 Å². The van der Waals surface area contributed by atoms with Crippen molar-refractivity contribution in [1.29, 1.82) is 0 Å². The number of phenols is 1. The molecule has 0 aliphatic rings. The Morgan fingerprint density at radius 1 is 1.16 bits per heavy atom. The molecule has 7 nitrogen and oxygen atoms in total. The van der Waals surface area contributed by atoms with Crippen LogP contribution < -0.4 is 10.5 Å². The Bertz CT molecular complexity index is 1100. The van der Waals surface area contributed by atoms with Gasteiger partial charge in [0.1, 0.15) is 5.75 Å². The number of primary amides is 1. The molecule has 0 atom stereocenters. The molecular weight excluding hydrogens is 342 g/mol. The van der Waals surface area contributed by atoms with E-state index < -0.39 is 15.9 Å². The van der Waals surface area contributed by atoms with Crippen molar-refractivity contribution in [2.45, 2.75) is 18.7 Å². The zero-order valence-corrected chi connectivity index (χ0v) is 14.4. The summed E-state index contributed by atoms with van der Waals surface area (Å²) in [5.41, 5.74) is 7.44. The van der Waals surface area contributed by atoms with Crippen molar-refractivity contribution in [1.82, 2.24) is 4.98 Å². The minimum Gasteiger partial charge on any atom is -0.507 e. The number of sulfonamides is 1. The van der Waals surface area contributed by atoms with Crippen LogP contribution in [0.2, 0.25) is 0 Å². The molecule has 0 aliphatic carbocycles. The summed E-state index contributed by atoms with van der Waals surface area (Å²) in [7, 11) is -3.95. The van der Waals surface area contributed by atoms with Crippen molar-refractivity contribution in [3.05, 3.63) is 53.2 Å². The number of nitrogens with one attached hydrogen (secondary N) is 2. The van der Waals surface area contributed by atoms with Crippen LogP contribution in [-0.2, 0) is 10.0 Å². The van der Waals surface area contributed by atoms with Crippen LogP contribution in [0.4, 0.5) is 5.69 Å². The lowest BCUT2D eigenvalue weighted by atomic mass is 10.1. The summed E-state index contributed by atoms with van der Waals surface area (Å²) in [4.78, 5) is 14.3. The highest BCUT2D eigenvalue weighted by molar-refractivity contribution is 7.92. The number of aromatic nitrogens is 1. The van der Waals surface area contributed by atoms with Crippen LogP contribution >= 0.6 is 0 Å². The third-order valence-electron chi connectivity index (χ3n) is 3.99. The molecule has 0 saturated carbocycles. The standard InChI is InChI=1S/C17H17N3O4S/c1-9-5-12(7-14(16(9)21)17(18)22)25(23,24)20-11-3-4-13-10(2)8-19-15(13)6-11/h3-8,19-21H,1-2H3,(H2,18,22). The fourth-order valence-electron chi connectivity index (χ4n) is 2.64. The lowest BCUT2D eigenvalue weighted by Crippen LogP contribution is -2.16. The van der Waals surface area contributed by atoms with Crippen molar-refractivity contribution in [2.24, 2.45) is 5.73 Å². The summed E-state index contributed by atoms with van der Waals surface area (Å²) >= 11 is 0. The van der Waals surface area contributed by atoms with Crippen molar-refractivity contribution in [3.63, 3.8) is 0 Å². The monoisotopic (exact) mass is 359 g/mol. The average molecular weight is 359 g/mol. The van der Waals surface area contributed by atoms with E-state index in [0.717, 1.165) is 22.5 Å². The molecule has 0 unspecified atom stereocenters. The fourth-order valence-corrected chi connectivity index (χ4v) is 3.80. The van der Waals surface area contributed by atoms with Crippen LogP contribution in [0, 0.1) is 13.8 Å². The molecule has 8 heteroatoms. The predicted octanol–water partition coefficient (Wildman–Crippen LogP) is 2.39. The number of nitrogens with two attached hydrogens (primary N) is 1. The quantitative estimate of drug-likeness (QED) is 0.570. The Morgan fingerprint density at radius 3 is 2.56 bits per heavy atom. The second-order valence-electron chi connectivity index (χ2n) is 5.84. The number of H-pyrrole nitrogens is 1. The topological polar surface area (TPSA) is 125 Å². The molecule has 0 fully saturated rings. The van der Waals surface area contributed by atoms with Gasteiger partial charge in [-0.1, -0.05) is 6.07 Å². The normalized spacial score (nSPS) is 11.6. The number of rotatable bonds is 4. The van der Waals surface area contributed by atoms with Crippen LogP contribution in [0.1, 0.15) is 21.5 Å². The third-order valence-corrected chi connectivity index (χ3v) is 5.35. The molecule has 1 heterocycles.